The average molecular weight is 490 g/mol. The minimum atomic E-state index is -4.57. The van der Waals surface area contributed by atoms with Gasteiger partial charge in [-0.05, 0) is 0 Å². The van der Waals surface area contributed by atoms with E-state index in [2.05, 4.69) is 19.9 Å². The SMILES string of the molecule is O=C(N1CCN(c2cc(C(F)(F)F)ncn2)CC1)N1CCN(c2cc(C(F)(F)F)ncn2)CC1. The lowest BCUT2D eigenvalue weighted by atomic mass is 10.2. The first-order valence-corrected chi connectivity index (χ1v) is 10.3. The fourth-order valence-electron chi connectivity index (χ4n) is 3.80. The smallest absolute Gasteiger partial charge is 0.353 e. The van der Waals surface area contributed by atoms with Crippen LogP contribution in [0.3, 0.4) is 0 Å². The molecule has 4 rings (SSSR count). The van der Waals surface area contributed by atoms with Gasteiger partial charge in [-0.2, -0.15) is 26.3 Å². The van der Waals surface area contributed by atoms with Crippen molar-refractivity contribution in [2.24, 2.45) is 0 Å². The molecule has 0 atom stereocenters. The number of piperazine rings is 2. The minimum Gasteiger partial charge on any atom is -0.353 e. The molecule has 15 heteroatoms. The Morgan fingerprint density at radius 3 is 1.29 bits per heavy atom. The molecule has 0 spiro atoms. The van der Waals surface area contributed by atoms with E-state index in [1.165, 1.54) is 0 Å². The number of amides is 2. The third kappa shape index (κ3) is 5.22. The Hall–Kier alpha value is -3.39. The number of hydrogen-bond acceptors (Lipinski definition) is 7. The first-order valence-electron chi connectivity index (χ1n) is 10.3. The van der Waals surface area contributed by atoms with Crippen LogP contribution in [-0.2, 0) is 12.4 Å². The number of carbonyl (C=O) groups is 1. The third-order valence-electron chi connectivity index (χ3n) is 5.63. The number of urea groups is 1. The molecule has 0 unspecified atom stereocenters. The van der Waals surface area contributed by atoms with Crippen LogP contribution in [-0.4, -0.2) is 88.1 Å². The normalized spacial score (nSPS) is 17.8. The standard InChI is InChI=1S/C19H20F6N8O/c20-18(21,22)13-9-15(28-11-26-13)30-1-5-32(6-2-30)17(34)33-7-3-31(4-8-33)16-10-14(19(23,24)25)27-12-29-16/h9-12H,1-8H2. The van der Waals surface area contributed by atoms with Crippen molar-refractivity contribution < 1.29 is 31.1 Å². The van der Waals surface area contributed by atoms with E-state index in [0.717, 1.165) is 24.8 Å². The van der Waals surface area contributed by atoms with Gasteiger partial charge >= 0.3 is 18.4 Å². The van der Waals surface area contributed by atoms with Crippen molar-refractivity contribution >= 4 is 17.7 Å². The second kappa shape index (κ2) is 9.10. The van der Waals surface area contributed by atoms with E-state index in [9.17, 15) is 31.1 Å². The maximum atomic E-state index is 12.9. The van der Waals surface area contributed by atoms with E-state index in [-0.39, 0.29) is 17.7 Å². The van der Waals surface area contributed by atoms with Crippen molar-refractivity contribution in [3.05, 3.63) is 36.2 Å². The van der Waals surface area contributed by atoms with Crippen LogP contribution >= 0.6 is 0 Å². The molecule has 2 amide bonds. The molecule has 184 valence electrons. The largest absolute Gasteiger partial charge is 0.433 e. The third-order valence-corrected chi connectivity index (χ3v) is 5.63. The molecule has 4 heterocycles. The Morgan fingerprint density at radius 1 is 0.618 bits per heavy atom. The Labute approximate surface area is 190 Å². The molecule has 0 aliphatic carbocycles. The Bertz CT molecular complexity index is 937. The first kappa shape index (κ1) is 23.8. The summed E-state index contributed by atoms with van der Waals surface area (Å²) in [5.41, 5.74) is -2.06. The Morgan fingerprint density at radius 2 is 0.971 bits per heavy atom. The summed E-state index contributed by atoms with van der Waals surface area (Å²) >= 11 is 0. The molecule has 2 saturated heterocycles. The van der Waals surface area contributed by atoms with Crippen LogP contribution in [0.15, 0.2) is 24.8 Å². The van der Waals surface area contributed by atoms with Crippen molar-refractivity contribution in [2.45, 2.75) is 12.4 Å². The van der Waals surface area contributed by atoms with Gasteiger partial charge in [0, 0.05) is 64.5 Å². The lowest BCUT2D eigenvalue weighted by Crippen LogP contribution is -2.57. The number of carbonyl (C=O) groups excluding carboxylic acids is 1. The maximum Gasteiger partial charge on any atom is 0.433 e. The lowest BCUT2D eigenvalue weighted by molar-refractivity contribution is -0.142. The topological polar surface area (TPSA) is 81.6 Å². The molecule has 34 heavy (non-hydrogen) atoms. The summed E-state index contributed by atoms with van der Waals surface area (Å²) in [6.07, 6.45) is -7.41. The number of anilines is 2. The summed E-state index contributed by atoms with van der Waals surface area (Å²) in [6.45, 7) is 2.41. The van der Waals surface area contributed by atoms with Gasteiger partial charge in [-0.15, -0.1) is 0 Å². The lowest BCUT2D eigenvalue weighted by Gasteiger charge is -2.41. The van der Waals surface area contributed by atoms with Crippen molar-refractivity contribution in [1.29, 1.82) is 0 Å². The van der Waals surface area contributed by atoms with Gasteiger partial charge in [0.05, 0.1) is 0 Å². The van der Waals surface area contributed by atoms with E-state index >= 15 is 0 Å². The summed E-state index contributed by atoms with van der Waals surface area (Å²) in [5, 5.41) is 0. The van der Waals surface area contributed by atoms with E-state index in [1.807, 2.05) is 0 Å². The maximum absolute atomic E-state index is 12.9. The van der Waals surface area contributed by atoms with Crippen LogP contribution in [0.1, 0.15) is 11.4 Å². The molecule has 0 bridgehead atoms. The highest BCUT2D eigenvalue weighted by Gasteiger charge is 2.35. The van der Waals surface area contributed by atoms with Crippen molar-refractivity contribution in [1.82, 2.24) is 29.7 Å². The second-order valence-electron chi connectivity index (χ2n) is 7.75. The highest BCUT2D eigenvalue weighted by Crippen LogP contribution is 2.30. The van der Waals surface area contributed by atoms with E-state index < -0.39 is 23.7 Å². The number of hydrogen-bond donors (Lipinski definition) is 0. The highest BCUT2D eigenvalue weighted by atomic mass is 19.4. The van der Waals surface area contributed by atoms with Crippen LogP contribution < -0.4 is 9.80 Å². The summed E-state index contributed by atoms with van der Waals surface area (Å²) in [4.78, 5) is 33.7. The van der Waals surface area contributed by atoms with Crippen LogP contribution in [0.4, 0.5) is 42.8 Å². The highest BCUT2D eigenvalue weighted by molar-refractivity contribution is 5.75. The van der Waals surface area contributed by atoms with Gasteiger partial charge in [-0.3, -0.25) is 0 Å². The molecular formula is C19H20F6N8O. The van der Waals surface area contributed by atoms with Gasteiger partial charge in [-0.1, -0.05) is 0 Å². The van der Waals surface area contributed by atoms with Crippen molar-refractivity contribution in [3.8, 4) is 0 Å². The molecule has 0 aromatic carbocycles. The number of aromatic nitrogens is 4. The molecule has 2 aliphatic heterocycles. The Balaban J connectivity index is 1.30. The number of nitrogens with zero attached hydrogens (tertiary/aromatic N) is 8. The van der Waals surface area contributed by atoms with Crippen LogP contribution in [0, 0.1) is 0 Å². The zero-order valence-electron chi connectivity index (χ0n) is 17.7. The van der Waals surface area contributed by atoms with Crippen LogP contribution in [0.2, 0.25) is 0 Å². The van der Waals surface area contributed by atoms with Crippen molar-refractivity contribution in [3.63, 3.8) is 0 Å². The molecule has 0 saturated carbocycles. The van der Waals surface area contributed by atoms with Gasteiger partial charge in [-0.25, -0.2) is 24.7 Å². The van der Waals surface area contributed by atoms with Crippen molar-refractivity contribution in [2.75, 3.05) is 62.2 Å². The summed E-state index contributed by atoms with van der Waals surface area (Å²) < 4.78 is 77.3. The molecule has 2 fully saturated rings. The van der Waals surface area contributed by atoms with Gasteiger partial charge < -0.3 is 19.6 Å². The van der Waals surface area contributed by atoms with E-state index in [4.69, 9.17) is 0 Å². The van der Waals surface area contributed by atoms with Crippen LogP contribution in [0.5, 0.6) is 0 Å². The average Bonchev–Trinajstić information content (AvgIpc) is 2.83. The molecule has 2 aromatic heterocycles. The molecule has 2 aromatic rings. The molecular weight excluding hydrogens is 470 g/mol. The van der Waals surface area contributed by atoms with Gasteiger partial charge in [0.25, 0.3) is 0 Å². The van der Waals surface area contributed by atoms with Gasteiger partial charge in [0.2, 0.25) is 0 Å². The molecule has 0 radical (unpaired) electrons. The zero-order chi connectivity index (χ0) is 24.5. The number of halogens is 6. The fraction of sp³-hybridized carbons (Fsp3) is 0.526. The fourth-order valence-corrected chi connectivity index (χ4v) is 3.80. The molecule has 2 aliphatic rings. The van der Waals surface area contributed by atoms with Gasteiger partial charge in [0.15, 0.2) is 0 Å². The molecule has 9 nitrogen and oxygen atoms in total. The number of rotatable bonds is 2. The summed E-state index contributed by atoms with van der Waals surface area (Å²) in [6, 6.07) is 1.54. The predicted octanol–water partition coefficient (Wildman–Crippen LogP) is 2.37. The second-order valence-corrected chi connectivity index (χ2v) is 7.75. The summed E-state index contributed by atoms with van der Waals surface area (Å²) in [5.74, 6) is 0.289. The minimum absolute atomic E-state index is 0.145. The predicted molar refractivity (Wildman–Crippen MR) is 107 cm³/mol. The van der Waals surface area contributed by atoms with E-state index in [0.29, 0.717) is 52.4 Å². The van der Waals surface area contributed by atoms with E-state index in [1.54, 1.807) is 19.6 Å². The molecule has 0 N–H and O–H groups in total. The quantitative estimate of drug-likeness (QED) is 0.598. The van der Waals surface area contributed by atoms with Crippen LogP contribution in [0.25, 0.3) is 0 Å². The zero-order valence-corrected chi connectivity index (χ0v) is 17.7. The van der Waals surface area contributed by atoms with Gasteiger partial charge in [0.1, 0.15) is 35.7 Å². The Kier molecular flexibility index (Phi) is 6.36. The number of alkyl halides is 6. The monoisotopic (exact) mass is 490 g/mol. The first-order chi connectivity index (χ1) is 16.0. The summed E-state index contributed by atoms with van der Waals surface area (Å²) in [7, 11) is 0.